The zero-order valence-electron chi connectivity index (χ0n) is 14.3. The summed E-state index contributed by atoms with van der Waals surface area (Å²) in [6, 6.07) is 5.41. The van der Waals surface area contributed by atoms with E-state index in [1.807, 2.05) is 6.92 Å². The van der Waals surface area contributed by atoms with Crippen molar-refractivity contribution in [3.05, 3.63) is 34.4 Å². The Morgan fingerprint density at radius 3 is 2.69 bits per heavy atom. The molecule has 1 amide bonds. The smallest absolute Gasteiger partial charge is 0.289 e. The lowest BCUT2D eigenvalue weighted by atomic mass is 9.92. The molecule has 0 radical (unpaired) electrons. The van der Waals surface area contributed by atoms with E-state index in [1.165, 1.54) is 18.2 Å². The van der Waals surface area contributed by atoms with Crippen molar-refractivity contribution in [1.29, 1.82) is 0 Å². The summed E-state index contributed by atoms with van der Waals surface area (Å²) in [5.74, 6) is -0.179. The molecule has 2 rings (SSSR count). The molecule has 0 spiro atoms. The van der Waals surface area contributed by atoms with Crippen LogP contribution >= 0.6 is 12.4 Å². The molecule has 1 heterocycles. The van der Waals surface area contributed by atoms with E-state index < -0.39 is 25.5 Å². The summed E-state index contributed by atoms with van der Waals surface area (Å²) in [6.45, 7) is 2.88. The highest BCUT2D eigenvalue weighted by atomic mass is 35.5. The second kappa shape index (κ2) is 9.81. The quantitative estimate of drug-likeness (QED) is 0.348. The van der Waals surface area contributed by atoms with Gasteiger partial charge in [-0.15, -0.1) is 12.4 Å². The third-order valence-corrected chi connectivity index (χ3v) is 5.57. The summed E-state index contributed by atoms with van der Waals surface area (Å²) >= 11 is 0. The van der Waals surface area contributed by atoms with E-state index in [9.17, 15) is 23.3 Å². The van der Waals surface area contributed by atoms with Gasteiger partial charge in [0.15, 0.2) is 4.90 Å². The third kappa shape index (κ3) is 5.90. The van der Waals surface area contributed by atoms with Crippen molar-refractivity contribution in [2.45, 2.75) is 30.7 Å². The fraction of sp³-hybridized carbons (Fsp3) is 0.533. The van der Waals surface area contributed by atoms with E-state index in [4.69, 9.17) is 0 Å². The largest absolute Gasteiger partial charge is 0.355 e. The van der Waals surface area contributed by atoms with Gasteiger partial charge in [0.1, 0.15) is 0 Å². The minimum Gasteiger partial charge on any atom is -0.355 e. The molecule has 0 aliphatic carbocycles. The second-order valence-electron chi connectivity index (χ2n) is 5.99. The van der Waals surface area contributed by atoms with Crippen molar-refractivity contribution in [1.82, 2.24) is 15.4 Å². The standard InChI is InChI=1S/C15H22N4O5S.ClH/c1-11-10-12(6-7-16-11)15(20)17-8-9-18-25(23,24)14-5-3-2-4-13(14)19(21)22;/h2-5,11-12,16,18H,6-10H2,1H3,(H,17,20);1H/t11-,12-;/m0./s1. The molecule has 146 valence electrons. The number of carbonyl (C=O) groups is 1. The Hall–Kier alpha value is -1.75. The number of nitrogens with one attached hydrogen (secondary N) is 3. The summed E-state index contributed by atoms with van der Waals surface area (Å²) in [4.78, 5) is 21.9. The number of nitro benzene ring substituents is 1. The van der Waals surface area contributed by atoms with Gasteiger partial charge < -0.3 is 10.6 Å². The number of carbonyl (C=O) groups excluding carboxylic acids is 1. The summed E-state index contributed by atoms with van der Waals surface area (Å²) in [7, 11) is -4.02. The molecule has 0 bridgehead atoms. The lowest BCUT2D eigenvalue weighted by Gasteiger charge is -2.27. The van der Waals surface area contributed by atoms with Crippen LogP contribution in [0.15, 0.2) is 29.2 Å². The third-order valence-electron chi connectivity index (χ3n) is 4.06. The minimum atomic E-state index is -4.02. The molecule has 3 N–H and O–H groups in total. The van der Waals surface area contributed by atoms with Crippen LogP contribution in [0.5, 0.6) is 0 Å². The van der Waals surface area contributed by atoms with Gasteiger partial charge in [0.25, 0.3) is 5.69 Å². The van der Waals surface area contributed by atoms with Crippen LogP contribution in [0.2, 0.25) is 0 Å². The number of amides is 1. The van der Waals surface area contributed by atoms with Crippen LogP contribution in [-0.2, 0) is 14.8 Å². The van der Waals surface area contributed by atoms with Crippen molar-refractivity contribution in [2.24, 2.45) is 5.92 Å². The van der Waals surface area contributed by atoms with Crippen molar-refractivity contribution in [3.63, 3.8) is 0 Å². The van der Waals surface area contributed by atoms with Gasteiger partial charge in [-0.1, -0.05) is 12.1 Å². The average molecular weight is 407 g/mol. The van der Waals surface area contributed by atoms with E-state index in [0.717, 1.165) is 25.5 Å². The SMILES string of the molecule is C[C@H]1C[C@@H](C(=O)NCCNS(=O)(=O)c2ccccc2[N+](=O)[O-])CCN1.Cl. The lowest BCUT2D eigenvalue weighted by molar-refractivity contribution is -0.387. The number of hydrogen-bond donors (Lipinski definition) is 3. The fourth-order valence-electron chi connectivity index (χ4n) is 2.80. The molecular weight excluding hydrogens is 384 g/mol. The van der Waals surface area contributed by atoms with Crippen molar-refractivity contribution < 1.29 is 18.1 Å². The van der Waals surface area contributed by atoms with Gasteiger partial charge >= 0.3 is 0 Å². The number of sulfonamides is 1. The molecule has 1 aliphatic heterocycles. The fourth-order valence-corrected chi connectivity index (χ4v) is 4.00. The predicted octanol–water partition coefficient (Wildman–Crippen LogP) is 0.799. The summed E-state index contributed by atoms with van der Waals surface area (Å²) in [6.07, 6.45) is 1.49. The zero-order chi connectivity index (χ0) is 18.4. The molecule has 1 aliphatic rings. The normalized spacial score (nSPS) is 20.0. The number of para-hydroxylation sites is 1. The first-order valence-corrected chi connectivity index (χ1v) is 9.54. The number of nitro groups is 1. The van der Waals surface area contributed by atoms with E-state index in [2.05, 4.69) is 15.4 Å². The molecule has 1 saturated heterocycles. The Morgan fingerprint density at radius 1 is 1.35 bits per heavy atom. The number of rotatable bonds is 7. The van der Waals surface area contributed by atoms with E-state index in [0.29, 0.717) is 0 Å². The second-order valence-corrected chi connectivity index (χ2v) is 7.73. The molecule has 0 saturated carbocycles. The van der Waals surface area contributed by atoms with Crippen molar-refractivity contribution in [3.8, 4) is 0 Å². The summed E-state index contributed by atoms with van der Waals surface area (Å²) < 4.78 is 26.7. The summed E-state index contributed by atoms with van der Waals surface area (Å²) in [5.41, 5.74) is -0.484. The number of nitrogens with zero attached hydrogens (tertiary/aromatic N) is 1. The maximum Gasteiger partial charge on any atom is 0.289 e. The predicted molar refractivity (Wildman–Crippen MR) is 98.7 cm³/mol. The van der Waals surface area contributed by atoms with Crippen LogP contribution < -0.4 is 15.4 Å². The molecule has 1 aromatic rings. The van der Waals surface area contributed by atoms with Gasteiger partial charge in [-0.3, -0.25) is 14.9 Å². The molecule has 1 aromatic carbocycles. The molecule has 9 nitrogen and oxygen atoms in total. The summed E-state index contributed by atoms with van der Waals surface area (Å²) in [5, 5.41) is 16.9. The van der Waals surface area contributed by atoms with Gasteiger partial charge in [-0.25, -0.2) is 13.1 Å². The minimum absolute atomic E-state index is 0. The Morgan fingerprint density at radius 2 is 2.04 bits per heavy atom. The van der Waals surface area contributed by atoms with Gasteiger partial charge in [0.05, 0.1) is 4.92 Å². The van der Waals surface area contributed by atoms with Crippen LogP contribution in [0.3, 0.4) is 0 Å². The Kier molecular flexibility index (Phi) is 8.41. The Balaban J connectivity index is 0.00000338. The van der Waals surface area contributed by atoms with Gasteiger partial charge in [-0.05, 0) is 32.4 Å². The van der Waals surface area contributed by atoms with Crippen LogP contribution in [0.25, 0.3) is 0 Å². The van der Waals surface area contributed by atoms with Crippen molar-refractivity contribution in [2.75, 3.05) is 19.6 Å². The zero-order valence-corrected chi connectivity index (χ0v) is 15.9. The topological polar surface area (TPSA) is 130 Å². The molecule has 26 heavy (non-hydrogen) atoms. The van der Waals surface area contributed by atoms with E-state index in [-0.39, 0.29) is 43.4 Å². The van der Waals surface area contributed by atoms with Crippen LogP contribution in [0, 0.1) is 16.0 Å². The average Bonchev–Trinajstić information content (AvgIpc) is 2.58. The number of benzene rings is 1. The number of halogens is 1. The van der Waals surface area contributed by atoms with Gasteiger partial charge in [-0.2, -0.15) is 0 Å². The van der Waals surface area contributed by atoms with Gasteiger partial charge in [0.2, 0.25) is 15.9 Å². The first-order valence-electron chi connectivity index (χ1n) is 8.05. The van der Waals surface area contributed by atoms with Gasteiger partial charge in [0, 0.05) is 31.1 Å². The number of hydrogen-bond acceptors (Lipinski definition) is 6. The van der Waals surface area contributed by atoms with Crippen LogP contribution in [0.1, 0.15) is 19.8 Å². The molecular formula is C15H23ClN4O5S. The first kappa shape index (κ1) is 22.3. The molecule has 11 heteroatoms. The highest BCUT2D eigenvalue weighted by Crippen LogP contribution is 2.22. The Bertz CT molecular complexity index is 743. The lowest BCUT2D eigenvalue weighted by Crippen LogP contribution is -2.44. The molecule has 1 fully saturated rings. The van der Waals surface area contributed by atoms with Crippen LogP contribution in [-0.4, -0.2) is 44.9 Å². The number of piperidine rings is 1. The first-order chi connectivity index (χ1) is 11.8. The molecule has 2 atom stereocenters. The monoisotopic (exact) mass is 406 g/mol. The van der Waals surface area contributed by atoms with E-state index in [1.54, 1.807) is 0 Å². The van der Waals surface area contributed by atoms with E-state index >= 15 is 0 Å². The highest BCUT2D eigenvalue weighted by molar-refractivity contribution is 7.89. The molecule has 0 aromatic heterocycles. The van der Waals surface area contributed by atoms with Crippen molar-refractivity contribution >= 4 is 34.0 Å². The molecule has 0 unspecified atom stereocenters. The maximum atomic E-state index is 12.2. The maximum absolute atomic E-state index is 12.2. The van der Waals surface area contributed by atoms with Crippen LogP contribution in [0.4, 0.5) is 5.69 Å². The Labute approximate surface area is 158 Å². The highest BCUT2D eigenvalue weighted by Gasteiger charge is 2.26.